The van der Waals surface area contributed by atoms with Crippen LogP contribution in [0.1, 0.15) is 54.1 Å². The third-order valence-corrected chi connectivity index (χ3v) is 5.84. The first kappa shape index (κ1) is 31.1. The van der Waals surface area contributed by atoms with Crippen molar-refractivity contribution in [3.63, 3.8) is 0 Å². The lowest BCUT2D eigenvalue weighted by Gasteiger charge is -1.99. The number of aromatic nitrogens is 2. The van der Waals surface area contributed by atoms with Gasteiger partial charge in [-0.05, 0) is 56.7 Å². The summed E-state index contributed by atoms with van der Waals surface area (Å²) in [5.74, 6) is -1.14. The summed E-state index contributed by atoms with van der Waals surface area (Å²) in [5.41, 5.74) is 16.1. The Bertz CT molecular complexity index is 1230. The first-order valence-corrected chi connectivity index (χ1v) is 13.4. The molecule has 0 amide bonds. The molecule has 2 fully saturated rings. The highest BCUT2D eigenvalue weighted by molar-refractivity contribution is 7.15. The van der Waals surface area contributed by atoms with Gasteiger partial charge in [0.15, 0.2) is 6.29 Å². The average molecular weight is 579 g/mol. The van der Waals surface area contributed by atoms with Crippen molar-refractivity contribution in [1.82, 2.24) is 9.97 Å². The van der Waals surface area contributed by atoms with Crippen LogP contribution < -0.4 is 9.47 Å². The van der Waals surface area contributed by atoms with Gasteiger partial charge in [0.1, 0.15) is 24.4 Å². The van der Waals surface area contributed by atoms with Crippen LogP contribution in [0.3, 0.4) is 0 Å². The Balaban J connectivity index is 0.000000226. The van der Waals surface area contributed by atoms with Crippen molar-refractivity contribution in [2.75, 3.05) is 19.8 Å². The van der Waals surface area contributed by atoms with Gasteiger partial charge in [0, 0.05) is 16.0 Å². The van der Waals surface area contributed by atoms with Crippen LogP contribution in [0.25, 0.3) is 27.0 Å². The van der Waals surface area contributed by atoms with Crippen molar-refractivity contribution in [2.45, 2.75) is 51.7 Å². The fourth-order valence-corrected chi connectivity index (χ4v) is 3.65. The van der Waals surface area contributed by atoms with Crippen LogP contribution in [0.2, 0.25) is 0 Å². The zero-order chi connectivity index (χ0) is 28.5. The molecule has 15 nitrogen and oxygen atoms in total. The Morgan fingerprint density at radius 1 is 0.974 bits per heavy atom. The minimum atomic E-state index is -0.654. The molecule has 0 bridgehead atoms. The van der Waals surface area contributed by atoms with E-state index in [1.165, 1.54) is 34.9 Å². The Hall–Kier alpha value is -4.17. The Morgan fingerprint density at radius 2 is 1.54 bits per heavy atom. The Morgan fingerprint density at radius 3 is 2.00 bits per heavy atom. The van der Waals surface area contributed by atoms with Crippen LogP contribution in [0.4, 0.5) is 0 Å². The highest BCUT2D eigenvalue weighted by Gasteiger charge is 2.25. The first-order valence-electron chi connectivity index (χ1n) is 11.7. The minimum absolute atomic E-state index is 0.0917. The van der Waals surface area contributed by atoms with Gasteiger partial charge in [-0.25, -0.2) is 14.8 Å². The number of azide groups is 2. The Labute approximate surface area is 231 Å². The predicted octanol–water partition coefficient (Wildman–Crippen LogP) is 5.26. The molecule has 2 aromatic heterocycles. The number of aldehydes is 1. The van der Waals surface area contributed by atoms with Crippen molar-refractivity contribution in [3.8, 4) is 10.4 Å². The van der Waals surface area contributed by atoms with Crippen LogP contribution in [0.15, 0.2) is 28.3 Å². The molecule has 2 heterocycles. The van der Waals surface area contributed by atoms with E-state index in [0.717, 1.165) is 32.0 Å². The summed E-state index contributed by atoms with van der Waals surface area (Å²) in [6.45, 7) is 3.69. The molecule has 39 heavy (non-hydrogen) atoms. The number of nitrogens with zero attached hydrogens (tertiary/aromatic N) is 8. The van der Waals surface area contributed by atoms with Crippen LogP contribution in [0, 0.1) is 0 Å². The van der Waals surface area contributed by atoms with E-state index in [0.29, 0.717) is 32.9 Å². The van der Waals surface area contributed by atoms with Crippen molar-refractivity contribution < 1.29 is 33.3 Å². The number of rotatable bonds is 12. The van der Waals surface area contributed by atoms with Crippen LogP contribution in [0.5, 0.6) is 10.4 Å². The molecule has 17 heteroatoms. The molecular formula is C22H26N8O7S2. The van der Waals surface area contributed by atoms with E-state index in [9.17, 15) is 14.4 Å². The number of thiazole rings is 2. The molecular weight excluding hydrogens is 552 g/mol. The zero-order valence-corrected chi connectivity index (χ0v) is 22.8. The lowest BCUT2D eigenvalue weighted by molar-refractivity contribution is -0.141. The van der Waals surface area contributed by atoms with E-state index in [-0.39, 0.29) is 25.0 Å². The summed E-state index contributed by atoms with van der Waals surface area (Å²) in [6, 6.07) is 0. The minimum Gasteiger partial charge on any atom is -0.467 e. The van der Waals surface area contributed by atoms with Crippen molar-refractivity contribution in [2.24, 2.45) is 10.2 Å². The number of hydrogen-bond donors (Lipinski definition) is 0. The smallest absolute Gasteiger partial charge is 0.340 e. The number of hydrogen-bond acceptors (Lipinski definition) is 13. The van der Waals surface area contributed by atoms with Crippen molar-refractivity contribution in [1.29, 1.82) is 0 Å². The van der Waals surface area contributed by atoms with Crippen molar-refractivity contribution in [3.05, 3.63) is 48.7 Å². The predicted molar refractivity (Wildman–Crippen MR) is 141 cm³/mol. The summed E-state index contributed by atoms with van der Waals surface area (Å²) < 4.78 is 20.1. The molecule has 2 aliphatic rings. The highest BCUT2D eigenvalue weighted by atomic mass is 32.1. The maximum atomic E-state index is 11.5. The molecule has 0 N–H and O–H groups in total. The van der Waals surface area contributed by atoms with Gasteiger partial charge in [-0.3, -0.25) is 9.59 Å². The van der Waals surface area contributed by atoms with E-state index in [1.54, 1.807) is 20.0 Å². The van der Waals surface area contributed by atoms with Gasteiger partial charge < -0.3 is 18.9 Å². The maximum absolute atomic E-state index is 11.5. The van der Waals surface area contributed by atoms with E-state index in [2.05, 4.69) is 34.8 Å². The molecule has 0 atom stereocenters. The first-order chi connectivity index (χ1) is 18.9. The molecule has 208 valence electrons. The van der Waals surface area contributed by atoms with Gasteiger partial charge in [0.2, 0.25) is 0 Å². The van der Waals surface area contributed by atoms with Gasteiger partial charge >= 0.3 is 11.9 Å². The summed E-state index contributed by atoms with van der Waals surface area (Å²) in [5, 5.41) is 7.50. The van der Waals surface area contributed by atoms with Crippen LogP contribution in [-0.2, 0) is 19.1 Å². The number of carbonyl (C=O) groups excluding carboxylic acids is 3. The summed E-state index contributed by atoms with van der Waals surface area (Å²) in [6.07, 6.45) is 10.3. The summed E-state index contributed by atoms with van der Waals surface area (Å²) >= 11 is 2.59. The summed E-state index contributed by atoms with van der Waals surface area (Å²) in [7, 11) is 0. The van der Waals surface area contributed by atoms with Gasteiger partial charge in [-0.1, -0.05) is 32.9 Å². The lowest BCUT2D eigenvalue weighted by atomic mass is 10.4. The average Bonchev–Trinajstić information content (AvgIpc) is 3.83. The molecule has 0 radical (unpaired) electrons. The molecule has 0 aliphatic heterocycles. The lowest BCUT2D eigenvalue weighted by Crippen LogP contribution is -2.06. The molecule has 2 aromatic rings. The van der Waals surface area contributed by atoms with E-state index in [1.807, 2.05) is 0 Å². The van der Waals surface area contributed by atoms with Crippen molar-refractivity contribution >= 4 is 47.0 Å². The molecule has 2 aliphatic carbocycles. The standard InChI is InChI=1S/C11H12N4O3S.C7H7NO2S.C4H7N3O2/c1-2-17-10(16)9(14-15-12)5-8-6-13-11(19-8)18-7-3-4-7;9-4-6-3-8-7(11-6)10-5-1-2-5;1-2-9-4(8)3-6-7-5/h5-7H,2-4H2,1H3;3-5H,1-2H2;2-3H2,1H3/b9-5-;;. The fraction of sp³-hybridized carbons (Fsp3) is 0.500. The second-order valence-corrected chi connectivity index (χ2v) is 9.49. The summed E-state index contributed by atoms with van der Waals surface area (Å²) in [4.78, 5) is 46.4. The molecule has 4 rings (SSSR count). The fourth-order valence-electron chi connectivity index (χ4n) is 2.24. The SMILES string of the molecule is CCOC(=O)/C(=C/c1cnc(OC2CC2)s1)N=[N+]=[N-].CCOC(=O)CN=[N+]=[N-].O=Cc1cnc(OC2CC2)s1. The van der Waals surface area contributed by atoms with Crippen LogP contribution >= 0.6 is 22.7 Å². The highest BCUT2D eigenvalue weighted by Crippen LogP contribution is 2.31. The van der Waals surface area contributed by atoms with Gasteiger partial charge in [0.05, 0.1) is 29.2 Å². The van der Waals surface area contributed by atoms with E-state index in [4.69, 9.17) is 25.3 Å². The monoisotopic (exact) mass is 578 g/mol. The second-order valence-electron chi connectivity index (χ2n) is 7.44. The zero-order valence-electron chi connectivity index (χ0n) is 21.2. The molecule has 0 spiro atoms. The largest absolute Gasteiger partial charge is 0.467 e. The normalized spacial score (nSPS) is 13.5. The maximum Gasteiger partial charge on any atom is 0.340 e. The van der Waals surface area contributed by atoms with Gasteiger partial charge in [-0.15, -0.1) is 0 Å². The third-order valence-electron chi connectivity index (χ3n) is 4.19. The number of esters is 2. The Kier molecular flexibility index (Phi) is 13.8. The molecule has 0 saturated heterocycles. The van der Waals surface area contributed by atoms with Gasteiger partial charge in [0.25, 0.3) is 10.4 Å². The molecule has 0 aromatic carbocycles. The topological polar surface area (TPSA) is 211 Å². The van der Waals surface area contributed by atoms with E-state index < -0.39 is 11.9 Å². The van der Waals surface area contributed by atoms with Gasteiger partial charge in [-0.2, -0.15) is 0 Å². The number of ether oxygens (including phenoxy) is 4. The quantitative estimate of drug-likeness (QED) is 0.0801. The van der Waals surface area contributed by atoms with Crippen LogP contribution in [-0.4, -0.2) is 60.2 Å². The number of carbonyl (C=O) groups is 3. The molecule has 2 saturated carbocycles. The third kappa shape index (κ3) is 13.3. The molecule has 0 unspecified atom stereocenters. The second kappa shape index (κ2) is 17.4. The van der Waals surface area contributed by atoms with E-state index >= 15 is 0 Å².